The van der Waals surface area contributed by atoms with E-state index in [2.05, 4.69) is 4.98 Å². The number of hydrogen-bond acceptors (Lipinski definition) is 5. The molecule has 132 valence electrons. The van der Waals surface area contributed by atoms with Gasteiger partial charge in [-0.1, -0.05) is 29.8 Å². The molecule has 1 aromatic heterocycles. The van der Waals surface area contributed by atoms with Crippen molar-refractivity contribution in [2.75, 3.05) is 0 Å². The fourth-order valence-electron chi connectivity index (χ4n) is 1.99. The van der Waals surface area contributed by atoms with E-state index >= 15 is 0 Å². The molecule has 0 N–H and O–H groups in total. The topological polar surface area (TPSA) is 65.5 Å². The molecule has 0 radical (unpaired) electrons. The number of halogens is 1. The van der Waals surface area contributed by atoms with Crippen LogP contribution in [0.5, 0.6) is 17.4 Å². The van der Waals surface area contributed by atoms with Crippen molar-refractivity contribution in [1.82, 2.24) is 4.98 Å². The summed E-state index contributed by atoms with van der Waals surface area (Å²) in [5, 5.41) is 1.57. The summed E-state index contributed by atoms with van der Waals surface area (Å²) >= 11 is 5.79. The minimum Gasteiger partial charge on any atom is -0.439 e. The van der Waals surface area contributed by atoms with Crippen molar-refractivity contribution in [3.05, 3.63) is 88.9 Å². The normalized spacial score (nSPS) is 11.4. The third kappa shape index (κ3) is 5.34. The summed E-state index contributed by atoms with van der Waals surface area (Å²) in [4.78, 5) is 4.05. The first-order chi connectivity index (χ1) is 12.5. The number of nitrogens with zero attached hydrogens (tertiary/aromatic N) is 1. The molecule has 0 saturated carbocycles. The summed E-state index contributed by atoms with van der Waals surface area (Å²) in [7, 11) is -3.88. The first-order valence-electron chi connectivity index (χ1n) is 7.57. The molecule has 1 heterocycles. The highest BCUT2D eigenvalue weighted by atomic mass is 35.5. The molecule has 0 fully saturated rings. The lowest BCUT2D eigenvalue weighted by molar-refractivity contribution is 0.460. The second kappa shape index (κ2) is 8.03. The fourth-order valence-corrected chi connectivity index (χ4v) is 2.87. The lowest BCUT2D eigenvalue weighted by atomic mass is 10.2. The number of benzene rings is 2. The van der Waals surface area contributed by atoms with Gasteiger partial charge in [-0.15, -0.1) is 0 Å². The Balaban J connectivity index is 1.65. The molecular weight excluding hydrogens is 374 g/mol. The summed E-state index contributed by atoms with van der Waals surface area (Å²) in [6, 6.07) is 18.3. The van der Waals surface area contributed by atoms with Gasteiger partial charge in [0.05, 0.1) is 5.41 Å². The molecule has 0 bridgehead atoms. The lowest BCUT2D eigenvalue weighted by Crippen LogP contribution is -2.04. The SMILES string of the molecule is O=S(=O)(/C=C/c1ccc(Cl)cc1)Oc1ccc(Oc2ccccn2)cc1. The van der Waals surface area contributed by atoms with Crippen molar-refractivity contribution in [3.63, 3.8) is 0 Å². The van der Waals surface area contributed by atoms with Gasteiger partial charge in [0.15, 0.2) is 0 Å². The molecule has 7 heteroatoms. The molecule has 0 spiro atoms. The predicted molar refractivity (Wildman–Crippen MR) is 101 cm³/mol. The summed E-state index contributed by atoms with van der Waals surface area (Å²) < 4.78 is 34.7. The van der Waals surface area contributed by atoms with Gasteiger partial charge in [0.2, 0.25) is 5.88 Å². The van der Waals surface area contributed by atoms with Gasteiger partial charge in [-0.25, -0.2) is 4.98 Å². The zero-order valence-corrected chi connectivity index (χ0v) is 15.0. The lowest BCUT2D eigenvalue weighted by Gasteiger charge is -2.06. The van der Waals surface area contributed by atoms with Crippen LogP contribution in [0.25, 0.3) is 6.08 Å². The second-order valence-corrected chi connectivity index (χ2v) is 7.03. The van der Waals surface area contributed by atoms with E-state index in [1.165, 1.54) is 18.2 Å². The molecule has 2 aromatic carbocycles. The number of aromatic nitrogens is 1. The van der Waals surface area contributed by atoms with E-state index in [0.717, 1.165) is 5.41 Å². The van der Waals surface area contributed by atoms with Gasteiger partial charge in [0.25, 0.3) is 0 Å². The van der Waals surface area contributed by atoms with Crippen LogP contribution >= 0.6 is 11.6 Å². The Kier molecular flexibility index (Phi) is 5.55. The molecule has 5 nitrogen and oxygen atoms in total. The first-order valence-corrected chi connectivity index (χ1v) is 9.42. The van der Waals surface area contributed by atoms with Gasteiger partial charge < -0.3 is 8.92 Å². The van der Waals surface area contributed by atoms with Crippen molar-refractivity contribution in [3.8, 4) is 17.4 Å². The Hall–Kier alpha value is -2.83. The van der Waals surface area contributed by atoms with Crippen LogP contribution in [-0.4, -0.2) is 13.4 Å². The monoisotopic (exact) mass is 387 g/mol. The van der Waals surface area contributed by atoms with Crippen LogP contribution in [0.4, 0.5) is 0 Å². The summed E-state index contributed by atoms with van der Waals surface area (Å²) in [6.45, 7) is 0. The Bertz CT molecular complexity index is 986. The van der Waals surface area contributed by atoms with Gasteiger partial charge in [0, 0.05) is 17.3 Å². The highest BCUT2D eigenvalue weighted by molar-refractivity contribution is 7.90. The predicted octanol–water partition coefficient (Wildman–Crippen LogP) is 4.91. The third-order valence-corrected chi connectivity index (χ3v) is 4.34. The average molecular weight is 388 g/mol. The van der Waals surface area contributed by atoms with Crippen LogP contribution in [0, 0.1) is 0 Å². The number of ether oxygens (including phenoxy) is 1. The van der Waals surface area contributed by atoms with E-state index in [1.807, 2.05) is 0 Å². The highest BCUT2D eigenvalue weighted by Crippen LogP contribution is 2.23. The Morgan fingerprint density at radius 1 is 0.885 bits per heavy atom. The Morgan fingerprint density at radius 3 is 2.23 bits per heavy atom. The average Bonchev–Trinajstić information content (AvgIpc) is 2.64. The minimum atomic E-state index is -3.88. The molecule has 26 heavy (non-hydrogen) atoms. The van der Waals surface area contributed by atoms with E-state index in [-0.39, 0.29) is 5.75 Å². The molecule has 3 aromatic rings. The van der Waals surface area contributed by atoms with Crippen LogP contribution in [-0.2, 0) is 10.1 Å². The highest BCUT2D eigenvalue weighted by Gasteiger charge is 2.08. The Morgan fingerprint density at radius 2 is 1.58 bits per heavy atom. The van der Waals surface area contributed by atoms with Crippen LogP contribution in [0.1, 0.15) is 5.56 Å². The molecule has 0 aliphatic heterocycles. The van der Waals surface area contributed by atoms with Crippen molar-refractivity contribution in [2.24, 2.45) is 0 Å². The van der Waals surface area contributed by atoms with E-state index in [9.17, 15) is 8.42 Å². The number of hydrogen-bond donors (Lipinski definition) is 0. The van der Waals surface area contributed by atoms with E-state index in [0.29, 0.717) is 22.2 Å². The minimum absolute atomic E-state index is 0.180. The summed E-state index contributed by atoms with van der Waals surface area (Å²) in [5.41, 5.74) is 0.695. The van der Waals surface area contributed by atoms with Gasteiger partial charge in [-0.3, -0.25) is 0 Å². The summed E-state index contributed by atoms with van der Waals surface area (Å²) in [6.07, 6.45) is 3.05. The van der Waals surface area contributed by atoms with Gasteiger partial charge in [-0.2, -0.15) is 8.42 Å². The van der Waals surface area contributed by atoms with Gasteiger partial charge in [-0.05, 0) is 54.1 Å². The van der Waals surface area contributed by atoms with Gasteiger partial charge in [0.1, 0.15) is 11.5 Å². The van der Waals surface area contributed by atoms with Crippen LogP contribution < -0.4 is 8.92 Å². The summed E-state index contributed by atoms with van der Waals surface area (Å²) in [5.74, 6) is 1.14. The third-order valence-electron chi connectivity index (χ3n) is 3.19. The largest absolute Gasteiger partial charge is 0.439 e. The maximum absolute atomic E-state index is 12.0. The smallest absolute Gasteiger partial charge is 0.332 e. The second-order valence-electron chi connectivity index (χ2n) is 5.17. The van der Waals surface area contributed by atoms with Crippen molar-refractivity contribution in [2.45, 2.75) is 0 Å². The zero-order valence-electron chi connectivity index (χ0n) is 13.4. The van der Waals surface area contributed by atoms with Crippen LogP contribution in [0.2, 0.25) is 5.02 Å². The molecular formula is C19H14ClNO4S. The molecule has 0 atom stereocenters. The molecule has 3 rings (SSSR count). The molecule has 0 aliphatic rings. The molecule has 0 unspecified atom stereocenters. The fraction of sp³-hybridized carbons (Fsp3) is 0. The van der Waals surface area contributed by atoms with Crippen molar-refractivity contribution >= 4 is 27.8 Å². The molecule has 0 amide bonds. The quantitative estimate of drug-likeness (QED) is 0.562. The maximum Gasteiger partial charge on any atom is 0.332 e. The van der Waals surface area contributed by atoms with Crippen molar-refractivity contribution < 1.29 is 17.3 Å². The zero-order chi connectivity index (χ0) is 18.4. The Labute approximate surface area is 156 Å². The molecule has 0 aliphatic carbocycles. The number of pyridine rings is 1. The van der Waals surface area contributed by atoms with E-state index in [4.69, 9.17) is 20.5 Å². The molecule has 0 saturated heterocycles. The number of rotatable bonds is 6. The van der Waals surface area contributed by atoms with Gasteiger partial charge >= 0.3 is 10.1 Å². The maximum atomic E-state index is 12.0. The van der Waals surface area contributed by atoms with Crippen LogP contribution in [0.15, 0.2) is 78.3 Å². The van der Waals surface area contributed by atoms with E-state index < -0.39 is 10.1 Å². The first kappa shape index (κ1) is 18.0. The standard InChI is InChI=1S/C19H14ClNO4S/c20-16-6-4-15(5-7-16)12-14-26(22,23)25-18-10-8-17(9-11-18)24-19-3-1-2-13-21-19/h1-14H/b14-12+. The van der Waals surface area contributed by atoms with Crippen molar-refractivity contribution in [1.29, 1.82) is 0 Å². The van der Waals surface area contributed by atoms with E-state index in [1.54, 1.807) is 60.8 Å². The van der Waals surface area contributed by atoms with Crippen LogP contribution in [0.3, 0.4) is 0 Å².